The Bertz CT molecular complexity index is 682. The van der Waals surface area contributed by atoms with Crippen molar-refractivity contribution in [1.29, 1.82) is 0 Å². The monoisotopic (exact) mass is 332 g/mol. The highest BCUT2D eigenvalue weighted by Crippen LogP contribution is 2.17. The lowest BCUT2D eigenvalue weighted by atomic mass is 10.1. The van der Waals surface area contributed by atoms with Gasteiger partial charge in [0.05, 0.1) is 11.5 Å². The first-order chi connectivity index (χ1) is 11.1. The summed E-state index contributed by atoms with van der Waals surface area (Å²) in [4.78, 5) is 24.0. The average Bonchev–Trinajstić information content (AvgIpc) is 3.04. The predicted molar refractivity (Wildman–Crippen MR) is 92.3 cm³/mol. The van der Waals surface area contributed by atoms with Crippen molar-refractivity contribution < 1.29 is 14.3 Å². The van der Waals surface area contributed by atoms with E-state index < -0.39 is 0 Å². The summed E-state index contributed by atoms with van der Waals surface area (Å²) in [5.41, 5.74) is 2.54. The molecule has 0 aliphatic heterocycles. The normalized spacial score (nSPS) is 10.3. The van der Waals surface area contributed by atoms with Gasteiger partial charge in [0.1, 0.15) is 0 Å². The summed E-state index contributed by atoms with van der Waals surface area (Å²) in [6.45, 7) is 3.23. The zero-order valence-electron chi connectivity index (χ0n) is 13.2. The van der Waals surface area contributed by atoms with E-state index in [0.717, 1.165) is 11.3 Å². The van der Waals surface area contributed by atoms with Gasteiger partial charge in [0, 0.05) is 36.8 Å². The lowest BCUT2D eigenvalue weighted by Crippen LogP contribution is -2.22. The van der Waals surface area contributed by atoms with E-state index in [2.05, 4.69) is 10.6 Å². The second-order valence-electron chi connectivity index (χ2n) is 5.02. The molecule has 0 spiro atoms. The second kappa shape index (κ2) is 8.45. The highest BCUT2D eigenvalue weighted by molar-refractivity contribution is 7.12. The van der Waals surface area contributed by atoms with E-state index in [-0.39, 0.29) is 11.7 Å². The van der Waals surface area contributed by atoms with Gasteiger partial charge < -0.3 is 15.4 Å². The Morgan fingerprint density at radius 2 is 2.04 bits per heavy atom. The molecule has 5 nitrogen and oxygen atoms in total. The van der Waals surface area contributed by atoms with Crippen molar-refractivity contribution in [3.63, 3.8) is 0 Å². The third-order valence-electron chi connectivity index (χ3n) is 3.31. The molecule has 1 amide bonds. The molecule has 122 valence electrons. The van der Waals surface area contributed by atoms with Gasteiger partial charge in [0.15, 0.2) is 5.78 Å². The van der Waals surface area contributed by atoms with E-state index in [1.54, 1.807) is 18.6 Å². The van der Waals surface area contributed by atoms with Crippen LogP contribution < -0.4 is 10.6 Å². The number of nitrogens with one attached hydrogen (secondary N) is 2. The van der Waals surface area contributed by atoms with E-state index in [9.17, 15) is 9.59 Å². The number of carbonyl (C=O) groups excluding carboxylic acids is 2. The molecule has 23 heavy (non-hydrogen) atoms. The second-order valence-corrected chi connectivity index (χ2v) is 5.93. The van der Waals surface area contributed by atoms with Crippen molar-refractivity contribution in [2.24, 2.45) is 0 Å². The standard InChI is InChI=1S/C17H20N2O3S/c1-12(20)14-9-16(23-11-14)17(21)19-10-13-5-3-4-6-15(13)18-7-8-22-2/h3-6,9,11,18H,7-8,10H2,1-2H3,(H,19,21). The number of amides is 1. The highest BCUT2D eigenvalue weighted by atomic mass is 32.1. The molecule has 0 radical (unpaired) electrons. The molecule has 2 rings (SSSR count). The van der Waals surface area contributed by atoms with Crippen LogP contribution in [0.2, 0.25) is 0 Å². The quantitative estimate of drug-likeness (QED) is 0.576. The molecule has 0 fully saturated rings. The lowest BCUT2D eigenvalue weighted by Gasteiger charge is -2.12. The largest absolute Gasteiger partial charge is 0.383 e. The fourth-order valence-corrected chi connectivity index (χ4v) is 2.90. The molecule has 0 atom stereocenters. The maximum atomic E-state index is 12.2. The first-order valence-electron chi connectivity index (χ1n) is 7.30. The van der Waals surface area contributed by atoms with E-state index in [0.29, 0.717) is 30.1 Å². The predicted octanol–water partition coefficient (Wildman–Crippen LogP) is 2.94. The minimum Gasteiger partial charge on any atom is -0.383 e. The lowest BCUT2D eigenvalue weighted by molar-refractivity contribution is 0.0955. The van der Waals surface area contributed by atoms with Crippen LogP contribution >= 0.6 is 11.3 Å². The minimum atomic E-state index is -0.172. The number of benzene rings is 1. The number of ketones is 1. The minimum absolute atomic E-state index is 0.0343. The maximum Gasteiger partial charge on any atom is 0.261 e. The van der Waals surface area contributed by atoms with Gasteiger partial charge in [-0.3, -0.25) is 9.59 Å². The van der Waals surface area contributed by atoms with E-state index in [1.807, 2.05) is 24.3 Å². The van der Waals surface area contributed by atoms with Gasteiger partial charge in [-0.05, 0) is 24.6 Å². The molecule has 0 aliphatic rings. The third-order valence-corrected chi connectivity index (χ3v) is 4.24. The molecular weight excluding hydrogens is 312 g/mol. The van der Waals surface area contributed by atoms with Gasteiger partial charge in [-0.15, -0.1) is 11.3 Å². The number of methoxy groups -OCH3 is 1. The zero-order valence-corrected chi connectivity index (χ0v) is 14.0. The Kier molecular flexibility index (Phi) is 6.31. The van der Waals surface area contributed by atoms with Crippen LogP contribution in [-0.4, -0.2) is 32.0 Å². The number of anilines is 1. The first-order valence-corrected chi connectivity index (χ1v) is 8.18. The Labute approximate surface area is 139 Å². The molecule has 0 unspecified atom stereocenters. The molecule has 1 aromatic carbocycles. The van der Waals surface area contributed by atoms with Gasteiger partial charge >= 0.3 is 0 Å². The van der Waals surface area contributed by atoms with Gasteiger partial charge in [0.25, 0.3) is 5.91 Å². The number of hydrogen-bond acceptors (Lipinski definition) is 5. The molecule has 0 bridgehead atoms. The molecule has 1 aromatic heterocycles. The summed E-state index contributed by atoms with van der Waals surface area (Å²) in [6.07, 6.45) is 0. The maximum absolute atomic E-state index is 12.2. The van der Waals surface area contributed by atoms with Crippen LogP contribution in [0.4, 0.5) is 5.69 Å². The summed E-state index contributed by atoms with van der Waals surface area (Å²) in [6, 6.07) is 9.44. The number of rotatable bonds is 8. The molecule has 1 heterocycles. The average molecular weight is 332 g/mol. The van der Waals surface area contributed by atoms with E-state index >= 15 is 0 Å². The van der Waals surface area contributed by atoms with Crippen LogP contribution in [0.25, 0.3) is 0 Å². The van der Waals surface area contributed by atoms with Gasteiger partial charge in [-0.25, -0.2) is 0 Å². The molecule has 2 N–H and O–H groups in total. The van der Waals surface area contributed by atoms with Gasteiger partial charge in [-0.2, -0.15) is 0 Å². The fraction of sp³-hybridized carbons (Fsp3) is 0.294. The van der Waals surface area contributed by atoms with Gasteiger partial charge in [-0.1, -0.05) is 18.2 Å². The first kappa shape index (κ1) is 17.2. The van der Waals surface area contributed by atoms with Crippen LogP contribution in [0.3, 0.4) is 0 Å². The van der Waals surface area contributed by atoms with Crippen molar-refractivity contribution in [3.8, 4) is 0 Å². The summed E-state index contributed by atoms with van der Waals surface area (Å²) in [5, 5.41) is 7.87. The summed E-state index contributed by atoms with van der Waals surface area (Å²) in [7, 11) is 1.66. The topological polar surface area (TPSA) is 67.4 Å². The Balaban J connectivity index is 1.96. The molecule has 6 heteroatoms. The van der Waals surface area contributed by atoms with E-state index in [1.165, 1.54) is 18.3 Å². The molecule has 0 saturated carbocycles. The van der Waals surface area contributed by atoms with Crippen LogP contribution in [-0.2, 0) is 11.3 Å². The third kappa shape index (κ3) is 4.91. The molecular formula is C17H20N2O3S. The number of thiophene rings is 1. The number of Topliss-reactive ketones (excluding diaryl/α,β-unsaturated/α-hetero) is 1. The SMILES string of the molecule is COCCNc1ccccc1CNC(=O)c1cc(C(C)=O)cs1. The highest BCUT2D eigenvalue weighted by Gasteiger charge is 2.11. The Morgan fingerprint density at radius 1 is 1.26 bits per heavy atom. The number of para-hydroxylation sites is 1. The van der Waals surface area contributed by atoms with Crippen LogP contribution in [0.15, 0.2) is 35.7 Å². The van der Waals surface area contributed by atoms with E-state index in [4.69, 9.17) is 4.74 Å². The fourth-order valence-electron chi connectivity index (χ4n) is 2.04. The smallest absolute Gasteiger partial charge is 0.261 e. The van der Waals surface area contributed by atoms with Crippen molar-refractivity contribution >= 4 is 28.7 Å². The number of hydrogen-bond donors (Lipinski definition) is 2. The van der Waals surface area contributed by atoms with Crippen LogP contribution in [0, 0.1) is 0 Å². The summed E-state index contributed by atoms with van der Waals surface area (Å²) in [5.74, 6) is -0.206. The number of carbonyl (C=O) groups is 2. The molecule has 0 aliphatic carbocycles. The van der Waals surface area contributed by atoms with Crippen molar-refractivity contribution in [3.05, 3.63) is 51.7 Å². The van der Waals surface area contributed by atoms with Crippen molar-refractivity contribution in [2.45, 2.75) is 13.5 Å². The van der Waals surface area contributed by atoms with Crippen LogP contribution in [0.1, 0.15) is 32.5 Å². The van der Waals surface area contributed by atoms with Crippen molar-refractivity contribution in [1.82, 2.24) is 5.32 Å². The van der Waals surface area contributed by atoms with Gasteiger partial charge in [0.2, 0.25) is 0 Å². The van der Waals surface area contributed by atoms with Crippen LogP contribution in [0.5, 0.6) is 0 Å². The zero-order chi connectivity index (χ0) is 16.7. The molecule has 0 saturated heterocycles. The molecule has 2 aromatic rings. The summed E-state index contributed by atoms with van der Waals surface area (Å²) < 4.78 is 5.02. The van der Waals surface area contributed by atoms with Crippen molar-refractivity contribution in [2.75, 3.05) is 25.6 Å². The number of ether oxygens (including phenoxy) is 1. The Hall–Kier alpha value is -2.18. The Morgan fingerprint density at radius 3 is 2.74 bits per heavy atom. The summed E-state index contributed by atoms with van der Waals surface area (Å²) >= 11 is 1.28.